The number of rotatable bonds is 3. The summed E-state index contributed by atoms with van der Waals surface area (Å²) in [5, 5.41) is 2.48. The molecule has 0 bridgehead atoms. The predicted octanol–water partition coefficient (Wildman–Crippen LogP) is 4.98. The minimum absolute atomic E-state index is 0. The number of fused-ring (bicyclic) bond motifs is 1. The van der Waals surface area contributed by atoms with Crippen LogP contribution in [-0.4, -0.2) is 5.97 Å². The number of halogens is 2. The third kappa shape index (κ3) is 4.12. The number of esters is 1. The molecule has 2 aromatic rings. The van der Waals surface area contributed by atoms with Crippen LogP contribution in [0.4, 0.5) is 0 Å². The van der Waals surface area contributed by atoms with Crippen molar-refractivity contribution in [3.63, 3.8) is 0 Å². The lowest BCUT2D eigenvalue weighted by molar-refractivity contribution is -0.142. The van der Waals surface area contributed by atoms with Gasteiger partial charge in [-0.25, -0.2) is 0 Å². The van der Waals surface area contributed by atoms with E-state index < -0.39 is 0 Å². The van der Waals surface area contributed by atoms with Crippen molar-refractivity contribution in [3.05, 3.63) is 47.5 Å². The van der Waals surface area contributed by atoms with Gasteiger partial charge < -0.3 is 4.74 Å². The second-order valence-corrected chi connectivity index (χ2v) is 4.79. The van der Waals surface area contributed by atoms with Crippen molar-refractivity contribution in [2.45, 2.75) is 33.3 Å². The lowest BCUT2D eigenvalue weighted by Gasteiger charge is -2.16. The summed E-state index contributed by atoms with van der Waals surface area (Å²) in [5.74, 6) is 0.166. The molecule has 0 saturated heterocycles. The lowest BCUT2D eigenvalue weighted by Crippen LogP contribution is -2.03. The first kappa shape index (κ1) is 18.8. The molecule has 20 heavy (non-hydrogen) atoms. The third-order valence-corrected chi connectivity index (χ3v) is 3.07. The highest BCUT2D eigenvalue weighted by atomic mass is 35.5. The van der Waals surface area contributed by atoms with E-state index in [1.165, 1.54) is 23.3 Å². The van der Waals surface area contributed by atoms with Gasteiger partial charge in [-0.2, -0.15) is 0 Å². The topological polar surface area (TPSA) is 26.3 Å². The Balaban J connectivity index is 0. The van der Waals surface area contributed by atoms with Crippen LogP contribution in [0, 0.1) is 0 Å². The van der Waals surface area contributed by atoms with Gasteiger partial charge in [0.2, 0.25) is 0 Å². The Hall–Kier alpha value is -1.25. The molecular weight excluding hydrogens is 295 g/mol. The molecule has 0 fully saturated rings. The minimum atomic E-state index is -0.238. The number of hydrogen-bond donors (Lipinski definition) is 0. The maximum atomic E-state index is 10.9. The van der Waals surface area contributed by atoms with Gasteiger partial charge in [0.25, 0.3) is 0 Å². The normalized spacial score (nSPS) is 9.80. The molecule has 2 rings (SSSR count). The lowest BCUT2D eigenvalue weighted by atomic mass is 9.91. The molecule has 110 valence electrons. The Kier molecular flexibility index (Phi) is 7.62. The van der Waals surface area contributed by atoms with E-state index in [-0.39, 0.29) is 32.2 Å². The molecule has 0 aliphatic rings. The summed E-state index contributed by atoms with van der Waals surface area (Å²) in [6.45, 7) is 6.13. The quantitative estimate of drug-likeness (QED) is 0.746. The smallest absolute Gasteiger partial charge is 0.461 e. The van der Waals surface area contributed by atoms with Crippen molar-refractivity contribution >= 4 is 41.6 Å². The number of carbonyl (C=O) groups excluding carboxylic acids is 1. The molecule has 0 radical (unpaired) electrons. The highest BCUT2D eigenvalue weighted by Gasteiger charge is 2.11. The van der Waals surface area contributed by atoms with E-state index >= 15 is 0 Å². The maximum Gasteiger partial charge on any atom is 1.00 e. The highest BCUT2D eigenvalue weighted by Crippen LogP contribution is 2.29. The molecule has 0 N–H and O–H groups in total. The van der Waals surface area contributed by atoms with Gasteiger partial charge in [0.05, 0.1) is 0 Å². The van der Waals surface area contributed by atoms with Crippen LogP contribution in [0.5, 0.6) is 0 Å². The van der Waals surface area contributed by atoms with E-state index in [0.29, 0.717) is 12.5 Å². The van der Waals surface area contributed by atoms with E-state index in [4.69, 9.17) is 4.74 Å². The second kappa shape index (κ2) is 8.13. The van der Waals surface area contributed by atoms with E-state index in [0.717, 1.165) is 5.56 Å². The van der Waals surface area contributed by atoms with Crippen molar-refractivity contribution in [3.8, 4) is 0 Å². The van der Waals surface area contributed by atoms with Crippen molar-refractivity contribution < 1.29 is 11.0 Å². The summed E-state index contributed by atoms with van der Waals surface area (Å²) in [6, 6.07) is 12.5. The standard InChI is InChI=1S/C16H18O2.2ClH/c1-11(2)16-14(10-18-12(3)17)9-8-13-6-4-5-7-15(13)16;;/h4-9,11H,10H2,1-3H3;2*1H/p+1. The predicted molar refractivity (Wildman–Crippen MR) is 89.1 cm³/mol. The van der Waals surface area contributed by atoms with Gasteiger partial charge in [-0.15, -0.1) is 24.8 Å². The van der Waals surface area contributed by atoms with Crippen LogP contribution in [0.15, 0.2) is 36.4 Å². The van der Waals surface area contributed by atoms with Crippen molar-refractivity contribution in [2.75, 3.05) is 0 Å². The molecule has 0 spiro atoms. The van der Waals surface area contributed by atoms with Gasteiger partial charge in [0.1, 0.15) is 6.61 Å². The molecule has 2 aromatic carbocycles. The monoisotopic (exact) mass is 315 g/mol. The molecule has 0 heterocycles. The van der Waals surface area contributed by atoms with E-state index in [9.17, 15) is 4.79 Å². The van der Waals surface area contributed by atoms with Crippen molar-refractivity contribution in [2.24, 2.45) is 0 Å². The van der Waals surface area contributed by atoms with Crippen LogP contribution in [0.25, 0.3) is 10.8 Å². The minimum Gasteiger partial charge on any atom is -0.461 e. The van der Waals surface area contributed by atoms with Gasteiger partial charge in [0, 0.05) is 6.92 Å². The zero-order valence-corrected chi connectivity index (χ0v) is 13.5. The van der Waals surface area contributed by atoms with Crippen LogP contribution >= 0.6 is 24.8 Å². The fourth-order valence-corrected chi connectivity index (χ4v) is 2.33. The summed E-state index contributed by atoms with van der Waals surface area (Å²) >= 11 is 0. The average Bonchev–Trinajstić information content (AvgIpc) is 2.35. The van der Waals surface area contributed by atoms with Crippen LogP contribution < -0.4 is 0 Å². The van der Waals surface area contributed by atoms with Gasteiger partial charge >= 0.3 is 7.40 Å². The average molecular weight is 316 g/mol. The van der Waals surface area contributed by atoms with Gasteiger partial charge in [-0.3, -0.25) is 4.79 Å². The Morgan fingerprint density at radius 3 is 2.40 bits per heavy atom. The van der Waals surface area contributed by atoms with E-state index in [1.54, 1.807) is 0 Å². The molecule has 4 heteroatoms. The first-order valence-corrected chi connectivity index (χ1v) is 6.23. The fourth-order valence-electron chi connectivity index (χ4n) is 2.33. The zero-order chi connectivity index (χ0) is 13.1. The number of benzene rings is 2. The number of carbonyl (C=O) groups is 1. The van der Waals surface area contributed by atoms with Crippen LogP contribution in [0.1, 0.15) is 39.2 Å². The number of ether oxygens (including phenoxy) is 1. The zero-order valence-electron chi connectivity index (χ0n) is 12.9. The molecule has 0 aromatic heterocycles. The molecule has 2 nitrogen and oxygen atoms in total. The Bertz CT molecular complexity index is 585. The van der Waals surface area contributed by atoms with Gasteiger partial charge in [-0.1, -0.05) is 50.2 Å². The first-order valence-electron chi connectivity index (χ1n) is 6.23. The summed E-state index contributed by atoms with van der Waals surface area (Å²) in [7, 11) is 0. The van der Waals surface area contributed by atoms with Crippen molar-refractivity contribution in [1.29, 1.82) is 0 Å². The molecule has 0 unspecified atom stereocenters. The Labute approximate surface area is 133 Å². The van der Waals surface area contributed by atoms with Crippen LogP contribution in [-0.2, 0) is 16.1 Å². The largest absolute Gasteiger partial charge is 1.00 e. The van der Waals surface area contributed by atoms with Gasteiger partial charge in [0.15, 0.2) is 0 Å². The molecule has 0 aliphatic heterocycles. The summed E-state index contributed by atoms with van der Waals surface area (Å²) < 4.78 is 5.13. The third-order valence-electron chi connectivity index (χ3n) is 3.07. The molecular formula is C16H21Cl2O2+. The summed E-state index contributed by atoms with van der Waals surface area (Å²) in [5.41, 5.74) is 2.37. The molecule has 0 amide bonds. The SMILES string of the molecule is CC(=O)OCc1ccc2ccccc2c1C(C)C.Cl.Cl.[H+]. The van der Waals surface area contributed by atoms with Crippen LogP contribution in [0.2, 0.25) is 0 Å². The highest BCUT2D eigenvalue weighted by molar-refractivity contribution is 5.87. The van der Waals surface area contributed by atoms with E-state index in [2.05, 4.69) is 38.1 Å². The van der Waals surface area contributed by atoms with Gasteiger partial charge in [-0.05, 0) is 27.8 Å². The van der Waals surface area contributed by atoms with Crippen molar-refractivity contribution in [1.82, 2.24) is 0 Å². The Morgan fingerprint density at radius 2 is 1.80 bits per heavy atom. The molecule has 0 atom stereocenters. The number of hydrogen-bond acceptors (Lipinski definition) is 2. The summed E-state index contributed by atoms with van der Waals surface area (Å²) in [6.07, 6.45) is 0. The maximum absolute atomic E-state index is 10.9. The first-order chi connectivity index (χ1) is 8.59. The molecule has 0 saturated carbocycles. The fraction of sp³-hybridized carbons (Fsp3) is 0.312. The van der Waals surface area contributed by atoms with E-state index in [1.807, 2.05) is 12.1 Å². The Morgan fingerprint density at radius 1 is 1.15 bits per heavy atom. The second-order valence-electron chi connectivity index (χ2n) is 4.79. The molecule has 0 aliphatic carbocycles. The summed E-state index contributed by atoms with van der Waals surface area (Å²) in [4.78, 5) is 10.9. The van der Waals surface area contributed by atoms with Crippen LogP contribution in [0.3, 0.4) is 0 Å².